The van der Waals surface area contributed by atoms with Crippen LogP contribution in [0.2, 0.25) is 5.02 Å². The number of methoxy groups -OCH3 is 1. The number of benzene rings is 2. The average molecular weight is 1210 g/mol. The molecular formula is C60H82ClN7O13S2. The number of aliphatic hydroxyl groups is 1. The van der Waals surface area contributed by atoms with Gasteiger partial charge in [-0.3, -0.25) is 19.7 Å². The van der Waals surface area contributed by atoms with Crippen LogP contribution < -0.4 is 26.0 Å². The van der Waals surface area contributed by atoms with Crippen molar-refractivity contribution in [3.63, 3.8) is 0 Å². The summed E-state index contributed by atoms with van der Waals surface area (Å²) in [6, 6.07) is 6.96. The minimum Gasteiger partial charge on any atom is -0.495 e. The molecule has 23 heteroatoms. The molecule has 3 aromatic rings. The summed E-state index contributed by atoms with van der Waals surface area (Å²) in [5, 5.41) is 18.6. The number of fused-ring (bicyclic) bond motifs is 10. The van der Waals surface area contributed by atoms with E-state index in [1.807, 2.05) is 48.7 Å². The lowest BCUT2D eigenvalue weighted by Crippen LogP contribution is -2.65. The number of hydrogen-bond acceptors (Lipinski definition) is 18. The third-order valence-corrected chi connectivity index (χ3v) is 19.6. The van der Waals surface area contributed by atoms with Gasteiger partial charge in [0, 0.05) is 60.5 Å². The first-order chi connectivity index (χ1) is 39.8. The summed E-state index contributed by atoms with van der Waals surface area (Å²) >= 11 is 10.9. The molecule has 10 atom stereocenters. The molecule has 0 radical (unpaired) electrons. The molecular weight excluding hydrogens is 1130 g/mol. The Balaban J connectivity index is 0.772. The Bertz CT molecular complexity index is 2870. The summed E-state index contributed by atoms with van der Waals surface area (Å²) in [6.45, 7) is 8.65. The third kappa shape index (κ3) is 16.7. The predicted molar refractivity (Wildman–Crippen MR) is 320 cm³/mol. The Labute approximate surface area is 500 Å². The number of halogens is 1. The number of rotatable bonds is 17. The average Bonchev–Trinajstić information content (AvgIpc) is 2.09. The Kier molecular flexibility index (Phi) is 22.6. The number of nitrogens with two attached hydrogens (primary N) is 1. The van der Waals surface area contributed by atoms with E-state index in [-0.39, 0.29) is 55.9 Å². The van der Waals surface area contributed by atoms with Crippen molar-refractivity contribution in [3.05, 3.63) is 81.7 Å². The predicted octanol–water partition coefficient (Wildman–Crippen LogP) is 7.60. The highest BCUT2D eigenvalue weighted by molar-refractivity contribution is 7.99. The zero-order valence-corrected chi connectivity index (χ0v) is 51.2. The molecule has 4 aliphatic heterocycles. The maximum atomic E-state index is 14.3. The summed E-state index contributed by atoms with van der Waals surface area (Å²) < 4.78 is 40.7. The van der Waals surface area contributed by atoms with E-state index >= 15 is 0 Å². The quantitative estimate of drug-likeness (QED) is 0.0576. The number of hydrogen-bond donors (Lipinski definition) is 4. The molecule has 2 saturated heterocycles. The fraction of sp³-hybridized carbons (Fsp3) is 0.617. The van der Waals surface area contributed by atoms with Gasteiger partial charge in [-0.2, -0.15) is 23.5 Å². The minimum atomic E-state index is -1.87. The van der Waals surface area contributed by atoms with Crippen LogP contribution >= 0.6 is 35.1 Å². The van der Waals surface area contributed by atoms with Crippen molar-refractivity contribution in [2.75, 3.05) is 72.3 Å². The molecule has 6 bridgehead atoms. The van der Waals surface area contributed by atoms with Crippen LogP contribution in [0.25, 0.3) is 11.0 Å². The molecule has 1 aromatic heterocycles. The number of likely N-dealkylation sites (N-methyl/N-ethyl adjacent to an activating group) is 1. The van der Waals surface area contributed by atoms with E-state index in [0.29, 0.717) is 60.3 Å². The maximum Gasteiger partial charge on any atom is 0.409 e. The SMILES string of the molecule is COc1cc2cc(c1Cl)N(C)C(=O)C[C@H](OC(=O)[C@@H](C)N(C)C(=O)CCOCCOCCOCCNC(=O)c1ccc3nc4c(nc3c1)CSC1CCCCCC(CC1)SC4)[C@]1(C)OC1[C@H](C)[C@@H]1C[C@@](O)(NC(=O)O1)[C@H](N)/C=C/C=C(\C)C2. The number of allylic oxidation sites excluding steroid dienone is 3. The second-order valence-corrected chi connectivity index (χ2v) is 25.5. The van der Waals surface area contributed by atoms with E-state index < -0.39 is 65.6 Å². The monoisotopic (exact) mass is 1210 g/mol. The number of esters is 1. The molecule has 5 N–H and O–H groups in total. The highest BCUT2D eigenvalue weighted by atomic mass is 35.5. The molecule has 1 aliphatic carbocycles. The number of thioether (sulfide) groups is 2. The van der Waals surface area contributed by atoms with Gasteiger partial charge < -0.3 is 59.1 Å². The number of nitrogens with zero attached hydrogens (tertiary/aromatic N) is 4. The second-order valence-electron chi connectivity index (χ2n) is 22.5. The van der Waals surface area contributed by atoms with Crippen molar-refractivity contribution < 1.29 is 62.2 Å². The summed E-state index contributed by atoms with van der Waals surface area (Å²) in [6.07, 6.45) is 10.4. The van der Waals surface area contributed by atoms with Crippen LogP contribution in [0.1, 0.15) is 119 Å². The fourth-order valence-electron chi connectivity index (χ4n) is 11.0. The lowest BCUT2D eigenvalue weighted by atomic mass is 9.83. The van der Waals surface area contributed by atoms with Crippen molar-refractivity contribution in [1.29, 1.82) is 0 Å². The van der Waals surface area contributed by atoms with Gasteiger partial charge in [0.15, 0.2) is 5.72 Å². The van der Waals surface area contributed by atoms with Crippen LogP contribution in [0.3, 0.4) is 0 Å². The van der Waals surface area contributed by atoms with Crippen LogP contribution in [0.5, 0.6) is 5.75 Å². The molecule has 0 spiro atoms. The summed E-state index contributed by atoms with van der Waals surface area (Å²) in [4.78, 5) is 80.5. The first-order valence-corrected chi connectivity index (χ1v) is 31.4. The van der Waals surface area contributed by atoms with Crippen molar-refractivity contribution in [1.82, 2.24) is 25.5 Å². The lowest BCUT2D eigenvalue weighted by Gasteiger charge is -2.41. The number of aromatic nitrogens is 2. The summed E-state index contributed by atoms with van der Waals surface area (Å²) in [5.41, 5.74) is 9.53. The minimum absolute atomic E-state index is 0.0386. The van der Waals surface area contributed by atoms with Gasteiger partial charge in [0.25, 0.3) is 5.91 Å². The zero-order valence-electron chi connectivity index (χ0n) is 48.8. The van der Waals surface area contributed by atoms with Crippen molar-refractivity contribution in [2.45, 2.75) is 162 Å². The van der Waals surface area contributed by atoms with E-state index in [4.69, 9.17) is 60.5 Å². The molecule has 20 nitrogen and oxygen atoms in total. The van der Waals surface area contributed by atoms with Gasteiger partial charge >= 0.3 is 12.1 Å². The topological polar surface area (TPSA) is 256 Å². The molecule has 5 heterocycles. The highest BCUT2D eigenvalue weighted by Crippen LogP contribution is 2.49. The van der Waals surface area contributed by atoms with Crippen LogP contribution in [-0.4, -0.2) is 169 Å². The van der Waals surface area contributed by atoms with Gasteiger partial charge in [-0.05, 0) is 88.8 Å². The van der Waals surface area contributed by atoms with Crippen LogP contribution in [-0.2, 0) is 60.7 Å². The Hall–Kier alpha value is -5.04. The van der Waals surface area contributed by atoms with Crippen molar-refractivity contribution in [2.24, 2.45) is 11.7 Å². The number of anilines is 1. The smallest absolute Gasteiger partial charge is 0.409 e. The van der Waals surface area contributed by atoms with Crippen molar-refractivity contribution >= 4 is 81.6 Å². The Morgan fingerprint density at radius 1 is 0.964 bits per heavy atom. The molecule has 2 aromatic carbocycles. The third-order valence-electron chi connectivity index (χ3n) is 16.5. The molecule has 3 fully saturated rings. The van der Waals surface area contributed by atoms with E-state index in [0.717, 1.165) is 45.1 Å². The number of ether oxygens (including phenoxy) is 7. The first-order valence-electron chi connectivity index (χ1n) is 28.9. The van der Waals surface area contributed by atoms with E-state index in [9.17, 15) is 29.1 Å². The van der Waals surface area contributed by atoms with E-state index in [1.54, 1.807) is 51.2 Å². The molecule has 83 heavy (non-hydrogen) atoms. The maximum absolute atomic E-state index is 14.3. The Morgan fingerprint density at radius 3 is 2.31 bits per heavy atom. The molecule has 4 amide bonds. The fourth-order valence-corrected chi connectivity index (χ4v) is 13.9. The van der Waals surface area contributed by atoms with Gasteiger partial charge in [-0.25, -0.2) is 19.6 Å². The van der Waals surface area contributed by atoms with Gasteiger partial charge in [0.2, 0.25) is 11.8 Å². The number of carbonyl (C=O) groups is 5. The van der Waals surface area contributed by atoms with Crippen LogP contribution in [0, 0.1) is 5.92 Å². The van der Waals surface area contributed by atoms with E-state index in [1.165, 1.54) is 75.8 Å². The van der Waals surface area contributed by atoms with E-state index in [2.05, 4.69) is 10.6 Å². The van der Waals surface area contributed by atoms with Gasteiger partial charge in [0.05, 0.1) is 99.8 Å². The highest BCUT2D eigenvalue weighted by Gasteiger charge is 2.64. The van der Waals surface area contributed by atoms with Crippen LogP contribution in [0.15, 0.2) is 54.1 Å². The lowest BCUT2D eigenvalue weighted by molar-refractivity contribution is -0.162. The first kappa shape index (κ1) is 64.0. The van der Waals surface area contributed by atoms with Gasteiger partial charge in [0.1, 0.15) is 34.6 Å². The Morgan fingerprint density at radius 2 is 1.63 bits per heavy atom. The van der Waals surface area contributed by atoms with Gasteiger partial charge in [-0.15, -0.1) is 0 Å². The number of amides is 4. The standard InChI is InChI=1S/C60H82ClN7O13S2/c1-36-12-11-15-50(62)60(74)33-49(79-58(73)66-60)37(2)55-59(4,81-55)51(32-53(70)68(6)47-29-39(28-36)30-48(75-7)54(47)61)80-57(72)38(3)67(5)52(69)20-22-76-24-26-78-27-25-77-23-21-63-56(71)40-16-19-43-44(31-40)65-46-35-83-42-14-10-8-9-13-41(17-18-42)82-34-45(46)64-43/h11-12,15-16,19,29-31,37-38,41-42,49-51,55,74H,8-10,13-14,17-18,20-28,32-35,62H2,1-7H3,(H,63,71)(H,66,73)/b15-11+,36-12+/t37-,38-,41?,42?,49+,50-,51+,55?,59+,60+/m1/s1. The normalized spacial score (nSPS) is 28.3. The van der Waals surface area contributed by atoms with Gasteiger partial charge in [-0.1, -0.05) is 61.6 Å². The number of epoxide rings is 1. The summed E-state index contributed by atoms with van der Waals surface area (Å²) in [5.74, 6) is -0.366. The number of carbonyl (C=O) groups excluding carboxylic acids is 5. The van der Waals surface area contributed by atoms with Crippen molar-refractivity contribution in [3.8, 4) is 5.75 Å². The molecule has 5 aliphatic rings. The molecule has 8 rings (SSSR count). The molecule has 1 saturated carbocycles. The van der Waals surface area contributed by atoms with Crippen LogP contribution in [0.4, 0.5) is 10.5 Å². The molecule has 454 valence electrons. The largest absolute Gasteiger partial charge is 0.495 e. The second kappa shape index (κ2) is 29.4. The summed E-state index contributed by atoms with van der Waals surface area (Å²) in [7, 11) is 4.52. The number of alkyl carbamates (subject to hydrolysis) is 1. The zero-order chi connectivity index (χ0) is 59.4. The molecule has 3 unspecified atom stereocenters. The number of nitrogens with one attached hydrogen (secondary N) is 2.